The summed E-state index contributed by atoms with van der Waals surface area (Å²) in [5, 5.41) is 0. The van der Waals surface area contributed by atoms with E-state index in [1.807, 2.05) is 6.08 Å². The molecule has 15 heavy (non-hydrogen) atoms. The molecule has 2 bridgehead atoms. The Hall–Kier alpha value is -1.31. The fourth-order valence-electron chi connectivity index (χ4n) is 2.47. The zero-order valence-corrected chi connectivity index (χ0v) is 9.08. The van der Waals surface area contributed by atoms with Gasteiger partial charge in [0.05, 0.1) is 0 Å². The largest absolute Gasteiger partial charge is 0.427 e. The molecule has 0 aromatic carbocycles. The molecule has 0 aromatic heterocycles. The van der Waals surface area contributed by atoms with Crippen LogP contribution in [0.3, 0.4) is 0 Å². The summed E-state index contributed by atoms with van der Waals surface area (Å²) in [6.45, 7) is 9.10. The molecule has 2 atom stereocenters. The van der Waals surface area contributed by atoms with Gasteiger partial charge in [0, 0.05) is 11.0 Å². The number of carbonyl (C=O) groups is 1. The third-order valence-corrected chi connectivity index (χ3v) is 3.41. The maximum atomic E-state index is 11.4. The molecule has 0 saturated heterocycles. The van der Waals surface area contributed by atoms with Crippen LogP contribution in [0.15, 0.2) is 36.6 Å². The molecule has 80 valence electrons. The number of allylic oxidation sites excluding steroid dienone is 2. The van der Waals surface area contributed by atoms with Gasteiger partial charge in [-0.2, -0.15) is 0 Å². The van der Waals surface area contributed by atoms with Gasteiger partial charge in [-0.15, -0.1) is 6.58 Å². The van der Waals surface area contributed by atoms with Gasteiger partial charge in [0.1, 0.15) is 5.76 Å². The van der Waals surface area contributed by atoms with E-state index in [-0.39, 0.29) is 11.4 Å². The molecule has 0 amide bonds. The molecule has 2 aliphatic rings. The molecule has 0 spiro atoms. The maximum Gasteiger partial charge on any atom is 0.338 e. The number of carbonyl (C=O) groups excluding carboxylic acids is 1. The van der Waals surface area contributed by atoms with E-state index >= 15 is 0 Å². The summed E-state index contributed by atoms with van der Waals surface area (Å²) in [6, 6.07) is 0. The van der Waals surface area contributed by atoms with Crippen molar-refractivity contribution in [2.75, 3.05) is 0 Å². The minimum absolute atomic E-state index is 0.0736. The van der Waals surface area contributed by atoms with Crippen molar-refractivity contribution in [2.24, 2.45) is 11.3 Å². The molecule has 0 radical (unpaired) electrons. The average Bonchev–Trinajstić information content (AvgIpc) is 2.75. The summed E-state index contributed by atoms with van der Waals surface area (Å²) in [5.41, 5.74) is 0.369. The van der Waals surface area contributed by atoms with Crippen molar-refractivity contribution in [3.63, 3.8) is 0 Å². The van der Waals surface area contributed by atoms with Gasteiger partial charge in [0.25, 0.3) is 0 Å². The second-order valence-corrected chi connectivity index (χ2v) is 4.56. The monoisotopic (exact) mass is 204 g/mol. The predicted octanol–water partition coefficient (Wildman–Crippen LogP) is 2.98. The minimum Gasteiger partial charge on any atom is -0.427 e. The topological polar surface area (TPSA) is 26.3 Å². The van der Waals surface area contributed by atoms with E-state index in [9.17, 15) is 4.79 Å². The van der Waals surface area contributed by atoms with E-state index < -0.39 is 0 Å². The van der Waals surface area contributed by atoms with E-state index in [0.29, 0.717) is 11.5 Å². The van der Waals surface area contributed by atoms with E-state index in [1.165, 1.54) is 6.42 Å². The molecular formula is C13H16O2. The number of hydrogen-bond donors (Lipinski definition) is 0. The molecule has 0 aliphatic heterocycles. The Balaban J connectivity index is 2.17. The SMILES string of the molecule is C=CC12CCC(C=C1OC(=O)C(=C)C)C2. The van der Waals surface area contributed by atoms with Crippen LogP contribution in [-0.4, -0.2) is 5.97 Å². The molecular weight excluding hydrogens is 188 g/mol. The van der Waals surface area contributed by atoms with Crippen LogP contribution >= 0.6 is 0 Å². The van der Waals surface area contributed by atoms with Crippen molar-refractivity contribution in [2.45, 2.75) is 26.2 Å². The molecule has 1 saturated carbocycles. The summed E-state index contributed by atoms with van der Waals surface area (Å²) in [4.78, 5) is 11.4. The third kappa shape index (κ3) is 1.54. The molecule has 2 heteroatoms. The Morgan fingerprint density at radius 2 is 2.47 bits per heavy atom. The van der Waals surface area contributed by atoms with E-state index in [4.69, 9.17) is 4.74 Å². The highest BCUT2D eigenvalue weighted by Crippen LogP contribution is 2.54. The highest BCUT2D eigenvalue weighted by Gasteiger charge is 2.46. The predicted molar refractivity (Wildman–Crippen MR) is 59.0 cm³/mol. The first-order chi connectivity index (χ1) is 7.07. The van der Waals surface area contributed by atoms with Crippen LogP contribution in [0.5, 0.6) is 0 Å². The Labute approximate surface area is 90.3 Å². The number of hydrogen-bond acceptors (Lipinski definition) is 2. The molecule has 0 aromatic rings. The standard InChI is InChI=1S/C13H16O2/c1-4-13-6-5-10(8-13)7-11(13)15-12(14)9(2)3/h4,7,10H,1-2,5-6,8H2,3H3. The zero-order chi connectivity index (χ0) is 11.1. The van der Waals surface area contributed by atoms with Crippen LogP contribution in [0.2, 0.25) is 0 Å². The van der Waals surface area contributed by atoms with Crippen LogP contribution in [0.4, 0.5) is 0 Å². The maximum absolute atomic E-state index is 11.4. The lowest BCUT2D eigenvalue weighted by atomic mass is 9.86. The number of fused-ring (bicyclic) bond motifs is 2. The summed E-state index contributed by atoms with van der Waals surface area (Å²) in [6.07, 6.45) is 7.29. The third-order valence-electron chi connectivity index (χ3n) is 3.41. The van der Waals surface area contributed by atoms with E-state index in [2.05, 4.69) is 19.2 Å². The smallest absolute Gasteiger partial charge is 0.338 e. The van der Waals surface area contributed by atoms with Gasteiger partial charge in [0.2, 0.25) is 0 Å². The van der Waals surface area contributed by atoms with Gasteiger partial charge >= 0.3 is 5.97 Å². The first kappa shape index (κ1) is 10.2. The fourth-order valence-corrected chi connectivity index (χ4v) is 2.47. The normalized spacial score (nSPS) is 32.3. The Morgan fingerprint density at radius 1 is 1.73 bits per heavy atom. The number of esters is 1. The minimum atomic E-state index is -0.324. The summed E-state index contributed by atoms with van der Waals surface area (Å²) in [5.74, 6) is 1.03. The first-order valence-corrected chi connectivity index (χ1v) is 5.31. The summed E-state index contributed by atoms with van der Waals surface area (Å²) in [7, 11) is 0. The van der Waals surface area contributed by atoms with Crippen molar-refractivity contribution >= 4 is 5.97 Å². The second-order valence-electron chi connectivity index (χ2n) is 4.56. The zero-order valence-electron chi connectivity index (χ0n) is 9.08. The van der Waals surface area contributed by atoms with Gasteiger partial charge in [-0.05, 0) is 38.2 Å². The highest BCUT2D eigenvalue weighted by molar-refractivity contribution is 5.87. The first-order valence-electron chi connectivity index (χ1n) is 5.31. The average molecular weight is 204 g/mol. The van der Waals surface area contributed by atoms with Gasteiger partial charge in [-0.25, -0.2) is 4.79 Å². The summed E-state index contributed by atoms with van der Waals surface area (Å²) >= 11 is 0. The Bertz CT molecular complexity index is 365. The second kappa shape index (κ2) is 3.37. The van der Waals surface area contributed by atoms with Gasteiger partial charge in [-0.1, -0.05) is 12.7 Å². The highest BCUT2D eigenvalue weighted by atomic mass is 16.5. The quantitative estimate of drug-likeness (QED) is 0.401. The van der Waals surface area contributed by atoms with Crippen molar-refractivity contribution in [1.29, 1.82) is 0 Å². The van der Waals surface area contributed by atoms with Crippen LogP contribution < -0.4 is 0 Å². The molecule has 2 nitrogen and oxygen atoms in total. The fraction of sp³-hybridized carbons (Fsp3) is 0.462. The van der Waals surface area contributed by atoms with Crippen molar-refractivity contribution < 1.29 is 9.53 Å². The molecule has 1 fully saturated rings. The van der Waals surface area contributed by atoms with Gasteiger partial charge < -0.3 is 4.74 Å². The van der Waals surface area contributed by atoms with Crippen molar-refractivity contribution in [1.82, 2.24) is 0 Å². The van der Waals surface area contributed by atoms with Crippen LogP contribution in [0, 0.1) is 11.3 Å². The summed E-state index contributed by atoms with van der Waals surface area (Å²) < 4.78 is 5.35. The van der Waals surface area contributed by atoms with Crippen molar-refractivity contribution in [3.05, 3.63) is 36.6 Å². The molecule has 0 heterocycles. The molecule has 2 unspecified atom stereocenters. The number of ether oxygens (including phenoxy) is 1. The lowest BCUT2D eigenvalue weighted by Crippen LogP contribution is -2.19. The molecule has 0 N–H and O–H groups in total. The van der Waals surface area contributed by atoms with Gasteiger partial charge in [-0.3, -0.25) is 0 Å². The van der Waals surface area contributed by atoms with Crippen molar-refractivity contribution in [3.8, 4) is 0 Å². The Kier molecular flexibility index (Phi) is 2.29. The number of rotatable bonds is 3. The lowest BCUT2D eigenvalue weighted by molar-refractivity contribution is -0.136. The Morgan fingerprint density at radius 3 is 3.00 bits per heavy atom. The van der Waals surface area contributed by atoms with Crippen LogP contribution in [-0.2, 0) is 9.53 Å². The van der Waals surface area contributed by atoms with Crippen LogP contribution in [0.25, 0.3) is 0 Å². The van der Waals surface area contributed by atoms with Crippen LogP contribution in [0.1, 0.15) is 26.2 Å². The van der Waals surface area contributed by atoms with Gasteiger partial charge in [0.15, 0.2) is 0 Å². The molecule has 2 rings (SSSR count). The molecule has 2 aliphatic carbocycles. The lowest BCUT2D eigenvalue weighted by Gasteiger charge is -2.25. The van der Waals surface area contributed by atoms with E-state index in [0.717, 1.165) is 18.6 Å². The van der Waals surface area contributed by atoms with E-state index in [1.54, 1.807) is 6.92 Å².